The van der Waals surface area contributed by atoms with Crippen molar-refractivity contribution in [2.24, 2.45) is 0 Å². The van der Waals surface area contributed by atoms with Gasteiger partial charge in [0.15, 0.2) is 0 Å². The molecule has 0 fully saturated rings. The monoisotopic (exact) mass is 477 g/mol. The highest BCUT2D eigenvalue weighted by Crippen LogP contribution is 2.38. The van der Waals surface area contributed by atoms with Gasteiger partial charge < -0.3 is 0 Å². The van der Waals surface area contributed by atoms with E-state index in [2.05, 4.69) is 82.7 Å². The Morgan fingerprint density at radius 3 is 2.31 bits per heavy atom. The molecule has 0 unspecified atom stereocenters. The Balaban J connectivity index is 1.88. The number of hydrogen-bond donors (Lipinski definition) is 0. The van der Waals surface area contributed by atoms with Crippen molar-refractivity contribution in [3.63, 3.8) is 0 Å². The largest absolute Gasteiger partial charge is 0.248 e. The summed E-state index contributed by atoms with van der Waals surface area (Å²) in [6, 6.07) is 28.6. The summed E-state index contributed by atoms with van der Waals surface area (Å²) in [5, 5.41) is 4.71. The molecule has 0 aliphatic heterocycles. The minimum Gasteiger partial charge on any atom is -0.248 e. The number of halogens is 3. The summed E-state index contributed by atoms with van der Waals surface area (Å²) < 4.78 is 1.05. The lowest BCUT2D eigenvalue weighted by Gasteiger charge is -2.14. The number of benzene rings is 4. The summed E-state index contributed by atoms with van der Waals surface area (Å²) in [6.07, 6.45) is 0. The molecule has 1 nitrogen and oxygen atoms in total. The van der Waals surface area contributed by atoms with Crippen molar-refractivity contribution in [3.8, 4) is 22.4 Å². The molecule has 29 heavy (non-hydrogen) atoms. The second kappa shape index (κ2) is 7.46. The molecule has 140 valence electrons. The van der Waals surface area contributed by atoms with Gasteiger partial charge in [-0.25, -0.2) is 4.98 Å². The molecule has 1 aromatic heterocycles. The van der Waals surface area contributed by atoms with Crippen LogP contribution in [0.25, 0.3) is 44.1 Å². The van der Waals surface area contributed by atoms with Gasteiger partial charge in [0.2, 0.25) is 0 Å². The summed E-state index contributed by atoms with van der Waals surface area (Å²) in [5.41, 5.74) is 4.88. The molecule has 0 aliphatic carbocycles. The fourth-order valence-electron chi connectivity index (χ4n) is 3.70. The third kappa shape index (κ3) is 3.42. The maximum atomic E-state index is 6.50. The second-order valence-electron chi connectivity index (χ2n) is 6.87. The molecule has 0 saturated carbocycles. The standard InChI is InChI=1S/C25H14BrCl2N/c26-17-8-5-16(6-9-17)21-14-24(20-11-10-18(27)13-22(20)28)29-23-12-7-15-3-1-2-4-19(15)25(21)23/h1-14H. The van der Waals surface area contributed by atoms with Crippen LogP contribution in [0.5, 0.6) is 0 Å². The van der Waals surface area contributed by atoms with Gasteiger partial charge in [0.1, 0.15) is 0 Å². The van der Waals surface area contributed by atoms with E-state index in [1.165, 1.54) is 10.8 Å². The van der Waals surface area contributed by atoms with E-state index < -0.39 is 0 Å². The van der Waals surface area contributed by atoms with Gasteiger partial charge in [0.05, 0.1) is 16.2 Å². The van der Waals surface area contributed by atoms with E-state index in [9.17, 15) is 0 Å². The molecule has 5 rings (SSSR count). The molecule has 0 bridgehead atoms. The van der Waals surface area contributed by atoms with Gasteiger partial charge in [-0.15, -0.1) is 0 Å². The molecule has 5 aromatic rings. The zero-order valence-electron chi connectivity index (χ0n) is 15.2. The minimum atomic E-state index is 0.590. The Labute approximate surface area is 187 Å². The summed E-state index contributed by atoms with van der Waals surface area (Å²) in [7, 11) is 0. The number of fused-ring (bicyclic) bond motifs is 3. The van der Waals surface area contributed by atoms with Crippen molar-refractivity contribution >= 4 is 60.8 Å². The first-order chi connectivity index (χ1) is 14.1. The molecule has 0 atom stereocenters. The van der Waals surface area contributed by atoms with Gasteiger partial charge in [0.25, 0.3) is 0 Å². The lowest BCUT2D eigenvalue weighted by molar-refractivity contribution is 1.40. The third-order valence-electron chi connectivity index (χ3n) is 5.06. The molecule has 0 aliphatic rings. The number of hydrogen-bond acceptors (Lipinski definition) is 1. The van der Waals surface area contributed by atoms with E-state index in [1.807, 2.05) is 12.1 Å². The zero-order chi connectivity index (χ0) is 20.0. The quantitative estimate of drug-likeness (QED) is 0.231. The van der Waals surface area contributed by atoms with Crippen LogP contribution in [0.3, 0.4) is 0 Å². The predicted molar refractivity (Wildman–Crippen MR) is 128 cm³/mol. The number of nitrogens with zero attached hydrogens (tertiary/aromatic N) is 1. The van der Waals surface area contributed by atoms with Crippen LogP contribution in [-0.4, -0.2) is 4.98 Å². The van der Waals surface area contributed by atoms with Gasteiger partial charge in [-0.3, -0.25) is 0 Å². The SMILES string of the molecule is Clc1ccc(-c2cc(-c3ccc(Br)cc3)c3c(ccc4ccccc43)n2)c(Cl)c1. The van der Waals surface area contributed by atoms with E-state index in [0.717, 1.165) is 37.8 Å². The average Bonchev–Trinajstić information content (AvgIpc) is 2.73. The fourth-order valence-corrected chi connectivity index (χ4v) is 4.47. The van der Waals surface area contributed by atoms with Gasteiger partial charge in [-0.1, -0.05) is 81.6 Å². The first kappa shape index (κ1) is 18.6. The molecule has 4 aromatic carbocycles. The van der Waals surface area contributed by atoms with Gasteiger partial charge in [0, 0.05) is 20.4 Å². The van der Waals surface area contributed by atoms with Crippen molar-refractivity contribution < 1.29 is 0 Å². The van der Waals surface area contributed by atoms with E-state index in [0.29, 0.717) is 10.0 Å². The van der Waals surface area contributed by atoms with Crippen LogP contribution in [0.15, 0.2) is 89.4 Å². The summed E-state index contributed by atoms with van der Waals surface area (Å²) in [4.78, 5) is 4.95. The van der Waals surface area contributed by atoms with Crippen molar-refractivity contribution in [2.45, 2.75) is 0 Å². The topological polar surface area (TPSA) is 12.9 Å². The smallest absolute Gasteiger partial charge is 0.0730 e. The van der Waals surface area contributed by atoms with Crippen LogP contribution in [0.4, 0.5) is 0 Å². The molecular formula is C25H14BrCl2N. The number of rotatable bonds is 2. The van der Waals surface area contributed by atoms with Gasteiger partial charge in [-0.2, -0.15) is 0 Å². The first-order valence-electron chi connectivity index (χ1n) is 9.14. The highest BCUT2D eigenvalue weighted by atomic mass is 79.9. The van der Waals surface area contributed by atoms with E-state index in [4.69, 9.17) is 28.2 Å². The average molecular weight is 479 g/mol. The first-order valence-corrected chi connectivity index (χ1v) is 10.7. The van der Waals surface area contributed by atoms with Crippen LogP contribution < -0.4 is 0 Å². The fraction of sp³-hybridized carbons (Fsp3) is 0. The van der Waals surface area contributed by atoms with Gasteiger partial charge >= 0.3 is 0 Å². The Morgan fingerprint density at radius 2 is 1.52 bits per heavy atom. The van der Waals surface area contributed by atoms with Crippen LogP contribution in [-0.2, 0) is 0 Å². The molecule has 0 N–H and O–H groups in total. The Morgan fingerprint density at radius 1 is 0.724 bits per heavy atom. The summed E-state index contributed by atoms with van der Waals surface area (Å²) in [6.45, 7) is 0. The maximum Gasteiger partial charge on any atom is 0.0730 e. The van der Waals surface area contributed by atoms with Crippen molar-refractivity contribution in [1.82, 2.24) is 4.98 Å². The lowest BCUT2D eigenvalue weighted by Crippen LogP contribution is -1.92. The van der Waals surface area contributed by atoms with Crippen LogP contribution in [0.1, 0.15) is 0 Å². The molecule has 0 radical (unpaired) electrons. The molecule has 4 heteroatoms. The Bertz CT molecular complexity index is 1380. The van der Waals surface area contributed by atoms with Crippen molar-refractivity contribution in [2.75, 3.05) is 0 Å². The Hall–Kier alpha value is -2.39. The number of aromatic nitrogens is 1. The summed E-state index contributed by atoms with van der Waals surface area (Å²) >= 11 is 16.1. The Kier molecular flexibility index (Phi) is 4.79. The van der Waals surface area contributed by atoms with E-state index >= 15 is 0 Å². The molecule has 0 spiro atoms. The van der Waals surface area contributed by atoms with Crippen molar-refractivity contribution in [1.29, 1.82) is 0 Å². The molecular weight excluding hydrogens is 465 g/mol. The molecule has 0 saturated heterocycles. The molecule has 1 heterocycles. The van der Waals surface area contributed by atoms with Gasteiger partial charge in [-0.05, 0) is 64.4 Å². The predicted octanol–water partition coefficient (Wildman–Crippen LogP) is 8.79. The minimum absolute atomic E-state index is 0.590. The van der Waals surface area contributed by atoms with Crippen molar-refractivity contribution in [3.05, 3.63) is 99.4 Å². The second-order valence-corrected chi connectivity index (χ2v) is 8.63. The molecule has 0 amide bonds. The van der Waals surface area contributed by atoms with E-state index in [1.54, 1.807) is 6.07 Å². The zero-order valence-corrected chi connectivity index (χ0v) is 18.3. The summed E-state index contributed by atoms with van der Waals surface area (Å²) in [5.74, 6) is 0. The lowest BCUT2D eigenvalue weighted by atomic mass is 9.94. The normalized spacial score (nSPS) is 11.3. The van der Waals surface area contributed by atoms with Crippen LogP contribution in [0.2, 0.25) is 10.0 Å². The van der Waals surface area contributed by atoms with Crippen LogP contribution >= 0.6 is 39.1 Å². The maximum absolute atomic E-state index is 6.50. The van der Waals surface area contributed by atoms with E-state index in [-0.39, 0.29) is 0 Å². The highest BCUT2D eigenvalue weighted by Gasteiger charge is 2.14. The highest BCUT2D eigenvalue weighted by molar-refractivity contribution is 9.10. The number of pyridine rings is 1. The van der Waals surface area contributed by atoms with Crippen LogP contribution in [0, 0.1) is 0 Å². The third-order valence-corrected chi connectivity index (χ3v) is 6.14.